The number of ether oxygens (including phenoxy) is 1. The summed E-state index contributed by atoms with van der Waals surface area (Å²) < 4.78 is 43.0. The third-order valence-corrected chi connectivity index (χ3v) is 3.12. The van der Waals surface area contributed by atoms with E-state index in [1.807, 2.05) is 12.1 Å². The molecular weight excluding hydrogens is 241 g/mol. The van der Waals surface area contributed by atoms with Gasteiger partial charge in [-0.2, -0.15) is 13.2 Å². The molecule has 0 amide bonds. The average molecular weight is 260 g/mol. The van der Waals surface area contributed by atoms with Crippen LogP contribution in [0.4, 0.5) is 13.2 Å². The molecule has 0 bridgehead atoms. The smallest absolute Gasteiger partial charge is 0.427 e. The maximum Gasteiger partial charge on any atom is 0.427 e. The predicted molar refractivity (Wildman–Crippen MR) is 65.9 cm³/mol. The summed E-state index contributed by atoms with van der Waals surface area (Å²) in [5.41, 5.74) is -1.07. The van der Waals surface area contributed by atoms with Crippen molar-refractivity contribution in [3.8, 4) is 5.75 Å². The van der Waals surface area contributed by atoms with E-state index in [4.69, 9.17) is 4.74 Å². The average Bonchev–Trinajstić information content (AvgIpc) is 2.27. The molecule has 1 unspecified atom stereocenters. The van der Waals surface area contributed by atoms with Gasteiger partial charge in [0.15, 0.2) is 5.60 Å². The molecule has 1 aromatic rings. The highest BCUT2D eigenvalue weighted by Gasteiger charge is 2.49. The zero-order valence-electron chi connectivity index (χ0n) is 11.1. The lowest BCUT2D eigenvalue weighted by molar-refractivity contribution is -0.234. The number of halogens is 3. The minimum absolute atomic E-state index is 0.240. The molecule has 0 aliphatic carbocycles. The normalized spacial score (nSPS) is 14.4. The van der Waals surface area contributed by atoms with E-state index >= 15 is 0 Å². The lowest BCUT2D eigenvalue weighted by Crippen LogP contribution is -2.44. The fraction of sp³-hybridized carbons (Fsp3) is 0.571. The molecule has 0 heterocycles. The highest BCUT2D eigenvalue weighted by molar-refractivity contribution is 5.29. The Hall–Kier alpha value is -1.19. The fourth-order valence-electron chi connectivity index (χ4n) is 1.45. The molecule has 0 radical (unpaired) electrons. The Bertz CT molecular complexity index is 379. The molecule has 1 atom stereocenters. The minimum Gasteiger partial charge on any atom is -0.478 e. The number of benzene rings is 1. The Morgan fingerprint density at radius 1 is 1.11 bits per heavy atom. The maximum atomic E-state index is 12.7. The van der Waals surface area contributed by atoms with Crippen molar-refractivity contribution in [1.82, 2.24) is 0 Å². The first kappa shape index (κ1) is 14.9. The van der Waals surface area contributed by atoms with Crippen LogP contribution in [0.2, 0.25) is 0 Å². The molecule has 1 nitrogen and oxygen atoms in total. The van der Waals surface area contributed by atoms with E-state index < -0.39 is 11.8 Å². The third-order valence-electron chi connectivity index (χ3n) is 3.12. The van der Waals surface area contributed by atoms with Crippen molar-refractivity contribution >= 4 is 0 Å². The van der Waals surface area contributed by atoms with Gasteiger partial charge in [0.05, 0.1) is 0 Å². The van der Waals surface area contributed by atoms with Gasteiger partial charge < -0.3 is 4.74 Å². The third kappa shape index (κ3) is 3.40. The lowest BCUT2D eigenvalue weighted by atomic mass is 9.99. The van der Waals surface area contributed by atoms with Crippen LogP contribution in [-0.4, -0.2) is 11.8 Å². The summed E-state index contributed by atoms with van der Waals surface area (Å²) in [6.07, 6.45) is -3.39. The molecule has 4 heteroatoms. The van der Waals surface area contributed by atoms with Gasteiger partial charge in [0.2, 0.25) is 0 Å². The molecule has 18 heavy (non-hydrogen) atoms. The van der Waals surface area contributed by atoms with Crippen molar-refractivity contribution in [2.24, 2.45) is 0 Å². The van der Waals surface area contributed by atoms with E-state index in [-0.39, 0.29) is 5.75 Å². The zero-order chi connectivity index (χ0) is 14.0. The van der Waals surface area contributed by atoms with Crippen LogP contribution in [0.15, 0.2) is 24.3 Å². The topological polar surface area (TPSA) is 9.23 Å². The van der Waals surface area contributed by atoms with E-state index in [0.29, 0.717) is 5.92 Å². The second-order valence-corrected chi connectivity index (χ2v) is 4.99. The van der Waals surface area contributed by atoms with Crippen molar-refractivity contribution in [1.29, 1.82) is 0 Å². The van der Waals surface area contributed by atoms with Crippen molar-refractivity contribution < 1.29 is 17.9 Å². The van der Waals surface area contributed by atoms with Crippen LogP contribution >= 0.6 is 0 Å². The highest BCUT2D eigenvalue weighted by Crippen LogP contribution is 2.34. The van der Waals surface area contributed by atoms with Gasteiger partial charge in [-0.25, -0.2) is 0 Å². The molecule has 0 spiro atoms. The summed E-state index contributed by atoms with van der Waals surface area (Å²) in [4.78, 5) is 0. The monoisotopic (exact) mass is 260 g/mol. The van der Waals surface area contributed by atoms with Gasteiger partial charge in [0.1, 0.15) is 5.75 Å². The first-order valence-corrected chi connectivity index (χ1v) is 6.03. The molecule has 0 saturated carbocycles. The Morgan fingerprint density at radius 3 is 2.00 bits per heavy atom. The summed E-state index contributed by atoms with van der Waals surface area (Å²) in [6, 6.07) is 6.82. The summed E-state index contributed by atoms with van der Waals surface area (Å²) in [6.45, 7) is 6.20. The largest absolute Gasteiger partial charge is 0.478 e. The summed E-state index contributed by atoms with van der Waals surface area (Å²) in [5, 5.41) is 0. The molecule has 0 aliphatic rings. The fourth-order valence-corrected chi connectivity index (χ4v) is 1.45. The van der Waals surface area contributed by atoms with Gasteiger partial charge in [-0.1, -0.05) is 26.0 Å². The van der Waals surface area contributed by atoms with Crippen molar-refractivity contribution in [3.63, 3.8) is 0 Å². The molecule has 1 aromatic carbocycles. The van der Waals surface area contributed by atoms with Crippen LogP contribution in [0, 0.1) is 0 Å². The van der Waals surface area contributed by atoms with Crippen LogP contribution in [0.5, 0.6) is 5.75 Å². The van der Waals surface area contributed by atoms with E-state index in [1.165, 1.54) is 0 Å². The minimum atomic E-state index is -4.39. The van der Waals surface area contributed by atoms with Gasteiger partial charge in [-0.05, 0) is 43.9 Å². The summed E-state index contributed by atoms with van der Waals surface area (Å²) >= 11 is 0. The Balaban J connectivity index is 2.81. The molecular formula is C14H19F3O. The van der Waals surface area contributed by atoms with Gasteiger partial charge >= 0.3 is 6.18 Å². The second-order valence-electron chi connectivity index (χ2n) is 4.99. The van der Waals surface area contributed by atoms with Crippen LogP contribution in [-0.2, 0) is 0 Å². The van der Waals surface area contributed by atoms with Crippen LogP contribution in [0.25, 0.3) is 0 Å². The van der Waals surface area contributed by atoms with E-state index in [1.54, 1.807) is 12.1 Å². The Morgan fingerprint density at radius 2 is 1.61 bits per heavy atom. The molecule has 0 aromatic heterocycles. The van der Waals surface area contributed by atoms with Crippen molar-refractivity contribution in [2.75, 3.05) is 0 Å². The summed E-state index contributed by atoms with van der Waals surface area (Å²) in [5.74, 6) is 0.638. The SMILES string of the molecule is CCC(C)c1ccc(OC(C)(C)C(F)(F)F)cc1. The lowest BCUT2D eigenvalue weighted by Gasteiger charge is -2.28. The zero-order valence-corrected chi connectivity index (χ0v) is 11.1. The molecule has 0 fully saturated rings. The highest BCUT2D eigenvalue weighted by atomic mass is 19.4. The maximum absolute atomic E-state index is 12.7. The van der Waals surface area contributed by atoms with Crippen LogP contribution in [0.1, 0.15) is 45.6 Å². The van der Waals surface area contributed by atoms with Gasteiger partial charge in [0, 0.05) is 0 Å². The molecule has 0 saturated heterocycles. The van der Waals surface area contributed by atoms with Gasteiger partial charge in [-0.15, -0.1) is 0 Å². The molecule has 0 N–H and O–H groups in total. The summed E-state index contributed by atoms with van der Waals surface area (Å²) in [7, 11) is 0. The van der Waals surface area contributed by atoms with E-state index in [2.05, 4.69) is 13.8 Å². The standard InChI is InChI=1S/C14H19F3O/c1-5-10(2)11-6-8-12(9-7-11)18-13(3,4)14(15,16)17/h6-10H,5H2,1-4H3. The van der Waals surface area contributed by atoms with Gasteiger partial charge in [-0.3, -0.25) is 0 Å². The quantitative estimate of drug-likeness (QED) is 0.746. The van der Waals surface area contributed by atoms with Crippen LogP contribution < -0.4 is 4.74 Å². The second kappa shape index (κ2) is 5.21. The molecule has 0 aliphatic heterocycles. The number of rotatable bonds is 4. The Kier molecular flexibility index (Phi) is 4.30. The van der Waals surface area contributed by atoms with E-state index in [9.17, 15) is 13.2 Å². The Labute approximate surface area is 106 Å². The predicted octanol–water partition coefficient (Wildman–Crippen LogP) is 4.92. The van der Waals surface area contributed by atoms with E-state index in [0.717, 1.165) is 25.8 Å². The molecule has 1 rings (SSSR count). The van der Waals surface area contributed by atoms with Gasteiger partial charge in [0.25, 0.3) is 0 Å². The first-order chi connectivity index (χ1) is 8.17. The molecule has 102 valence electrons. The number of alkyl halides is 3. The van der Waals surface area contributed by atoms with Crippen LogP contribution in [0.3, 0.4) is 0 Å². The first-order valence-electron chi connectivity index (χ1n) is 6.03. The van der Waals surface area contributed by atoms with Crippen molar-refractivity contribution in [3.05, 3.63) is 29.8 Å². The van der Waals surface area contributed by atoms with Crippen molar-refractivity contribution in [2.45, 2.75) is 51.8 Å². The number of hydrogen-bond donors (Lipinski definition) is 0. The number of hydrogen-bond acceptors (Lipinski definition) is 1.